The Labute approximate surface area is 177 Å². The molecule has 0 radical (unpaired) electrons. The van der Waals surface area contributed by atoms with E-state index in [4.69, 9.17) is 24.4 Å². The number of fused-ring (bicyclic) bond motifs is 1. The highest BCUT2D eigenvalue weighted by Gasteiger charge is 2.47. The van der Waals surface area contributed by atoms with Gasteiger partial charge in [0.05, 0.1) is 11.1 Å². The van der Waals surface area contributed by atoms with Crippen molar-refractivity contribution in [2.24, 2.45) is 0 Å². The van der Waals surface area contributed by atoms with Crippen LogP contribution < -0.4 is 10.6 Å². The van der Waals surface area contributed by atoms with Crippen molar-refractivity contribution in [2.45, 2.75) is 24.7 Å². The smallest absolute Gasteiger partial charge is 0.336 e. The third-order valence-electron chi connectivity index (χ3n) is 4.77. The first-order chi connectivity index (χ1) is 14.0. The maximum atomic E-state index is 12.8. The summed E-state index contributed by atoms with van der Waals surface area (Å²) in [5.74, 6) is 0. The van der Waals surface area contributed by atoms with E-state index in [1.54, 1.807) is 10.0 Å². The summed E-state index contributed by atoms with van der Waals surface area (Å²) < 4.78 is 76.9. The van der Waals surface area contributed by atoms with Gasteiger partial charge in [0, 0.05) is 0 Å². The van der Waals surface area contributed by atoms with E-state index in [9.17, 15) is 26.3 Å². The summed E-state index contributed by atoms with van der Waals surface area (Å²) in [6.07, 6.45) is -10.2. The summed E-state index contributed by atoms with van der Waals surface area (Å²) in [5, 5.41) is 9.56. The van der Waals surface area contributed by atoms with Crippen molar-refractivity contribution < 1.29 is 26.3 Å². The Hall–Kier alpha value is -2.60. The monoisotopic (exact) mass is 462 g/mol. The highest BCUT2D eigenvalue weighted by atomic mass is 32.1. The van der Waals surface area contributed by atoms with Gasteiger partial charge in [0.15, 0.2) is 10.2 Å². The summed E-state index contributed by atoms with van der Waals surface area (Å²) in [7, 11) is 0. The molecule has 4 rings (SSSR count). The zero-order chi connectivity index (χ0) is 21.8. The van der Waals surface area contributed by atoms with Crippen LogP contribution in [0, 0.1) is 0 Å². The summed E-state index contributed by atoms with van der Waals surface area (Å²) in [5.41, 5.74) is -0.586. The molecule has 158 valence electrons. The van der Waals surface area contributed by atoms with Gasteiger partial charge < -0.3 is 10.6 Å². The average Bonchev–Trinajstić information content (AvgIpc) is 3.19. The van der Waals surface area contributed by atoms with Gasteiger partial charge in [-0.05, 0) is 59.8 Å². The molecule has 0 aliphatic carbocycles. The van der Waals surface area contributed by atoms with Gasteiger partial charge in [-0.2, -0.15) is 26.3 Å². The minimum Gasteiger partial charge on any atom is -0.336 e. The van der Waals surface area contributed by atoms with Crippen molar-refractivity contribution in [3.8, 4) is 0 Å². The number of hydrazine groups is 1. The maximum absolute atomic E-state index is 12.8. The van der Waals surface area contributed by atoms with Crippen molar-refractivity contribution in [3.63, 3.8) is 0 Å². The van der Waals surface area contributed by atoms with E-state index in [0.29, 0.717) is 11.1 Å². The molecule has 2 aliphatic rings. The Balaban J connectivity index is 1.61. The number of benzene rings is 2. The number of halogens is 6. The largest absolute Gasteiger partial charge is 0.416 e. The number of alkyl halides is 6. The molecule has 0 saturated carbocycles. The van der Waals surface area contributed by atoms with Crippen LogP contribution in [-0.4, -0.2) is 20.2 Å². The molecule has 30 heavy (non-hydrogen) atoms. The zero-order valence-corrected chi connectivity index (χ0v) is 16.4. The number of hydrogen-bond acceptors (Lipinski definition) is 2. The number of rotatable bonds is 2. The van der Waals surface area contributed by atoms with Crippen LogP contribution in [0.3, 0.4) is 0 Å². The lowest BCUT2D eigenvalue weighted by molar-refractivity contribution is -0.138. The van der Waals surface area contributed by atoms with E-state index in [-0.39, 0.29) is 10.2 Å². The molecule has 2 N–H and O–H groups in total. The second-order valence-corrected chi connectivity index (χ2v) is 7.41. The van der Waals surface area contributed by atoms with Gasteiger partial charge in [-0.1, -0.05) is 24.3 Å². The van der Waals surface area contributed by atoms with Gasteiger partial charge in [-0.3, -0.25) is 0 Å². The van der Waals surface area contributed by atoms with Crippen molar-refractivity contribution in [3.05, 3.63) is 70.8 Å². The first-order valence-corrected chi connectivity index (χ1v) is 9.32. The third-order valence-corrected chi connectivity index (χ3v) is 5.38. The molecule has 4 nitrogen and oxygen atoms in total. The van der Waals surface area contributed by atoms with Crippen LogP contribution in [0.15, 0.2) is 48.5 Å². The van der Waals surface area contributed by atoms with Gasteiger partial charge in [-0.15, -0.1) is 0 Å². The number of thiocarbonyl (C=S) groups is 2. The molecule has 2 aromatic carbocycles. The highest BCUT2D eigenvalue weighted by molar-refractivity contribution is 7.80. The molecule has 2 atom stereocenters. The van der Waals surface area contributed by atoms with Crippen LogP contribution >= 0.6 is 24.4 Å². The van der Waals surface area contributed by atoms with Gasteiger partial charge in [-0.25, -0.2) is 10.0 Å². The van der Waals surface area contributed by atoms with Gasteiger partial charge in [0.25, 0.3) is 0 Å². The van der Waals surface area contributed by atoms with Crippen LogP contribution in [0.5, 0.6) is 0 Å². The number of hydrogen-bond donors (Lipinski definition) is 2. The van der Waals surface area contributed by atoms with Crippen LogP contribution in [0.4, 0.5) is 26.3 Å². The molecule has 2 fully saturated rings. The Kier molecular flexibility index (Phi) is 4.81. The van der Waals surface area contributed by atoms with Crippen molar-refractivity contribution >= 4 is 34.7 Å². The molecule has 0 bridgehead atoms. The molecule has 2 aliphatic heterocycles. The molecule has 0 aromatic heterocycles. The summed E-state index contributed by atoms with van der Waals surface area (Å²) in [6, 6.07) is 9.12. The maximum Gasteiger partial charge on any atom is 0.416 e. The molecular formula is C18H12F6N4S2. The molecule has 2 aromatic rings. The minimum atomic E-state index is -4.46. The molecule has 2 unspecified atom stereocenters. The molecule has 2 heterocycles. The first-order valence-electron chi connectivity index (χ1n) is 8.50. The first kappa shape index (κ1) is 20.7. The van der Waals surface area contributed by atoms with E-state index >= 15 is 0 Å². The standard InChI is InChI=1S/C18H12F6N4S2/c19-17(20,21)11-5-1-9(2-6-11)13-25-15(29)28-14(26-16(30)27(13)28)10-3-7-12(8-4-10)18(22,23)24/h1-8,13-14H,(H,25,29)(H,26,30). The van der Waals surface area contributed by atoms with E-state index < -0.39 is 35.8 Å². The SMILES string of the molecule is FC(F)(F)c1ccc(C2NC(=S)N3C(c4ccc(C(F)(F)F)cc4)NC(=S)N23)cc1. The van der Waals surface area contributed by atoms with Crippen LogP contribution in [0.2, 0.25) is 0 Å². The molecular weight excluding hydrogens is 450 g/mol. The fourth-order valence-corrected chi connectivity index (χ4v) is 3.94. The fraction of sp³-hybridized carbons (Fsp3) is 0.222. The van der Waals surface area contributed by atoms with E-state index in [2.05, 4.69) is 10.6 Å². The molecule has 0 spiro atoms. The van der Waals surface area contributed by atoms with Crippen LogP contribution in [-0.2, 0) is 12.4 Å². The Morgan fingerprint density at radius 1 is 0.600 bits per heavy atom. The lowest BCUT2D eigenvalue weighted by atomic mass is 10.1. The van der Waals surface area contributed by atoms with Crippen molar-refractivity contribution in [1.29, 1.82) is 0 Å². The normalized spacial score (nSPS) is 21.5. The lowest BCUT2D eigenvalue weighted by Crippen LogP contribution is -2.36. The van der Waals surface area contributed by atoms with Gasteiger partial charge in [0.2, 0.25) is 0 Å². The summed E-state index contributed by atoms with van der Waals surface area (Å²) >= 11 is 10.7. The van der Waals surface area contributed by atoms with Crippen molar-refractivity contribution in [2.75, 3.05) is 0 Å². The van der Waals surface area contributed by atoms with E-state index in [0.717, 1.165) is 24.3 Å². The Morgan fingerprint density at radius 3 is 1.17 bits per heavy atom. The van der Waals surface area contributed by atoms with Crippen molar-refractivity contribution in [1.82, 2.24) is 20.7 Å². The Morgan fingerprint density at radius 2 is 0.900 bits per heavy atom. The van der Waals surface area contributed by atoms with Crippen LogP contribution in [0.25, 0.3) is 0 Å². The Bertz CT molecular complexity index is 906. The quantitative estimate of drug-likeness (QED) is 0.497. The fourth-order valence-electron chi connectivity index (χ4n) is 3.33. The molecule has 0 amide bonds. The topological polar surface area (TPSA) is 30.5 Å². The summed E-state index contributed by atoms with van der Waals surface area (Å²) in [4.78, 5) is 0. The lowest BCUT2D eigenvalue weighted by Gasteiger charge is -2.27. The second-order valence-electron chi connectivity index (χ2n) is 6.63. The van der Waals surface area contributed by atoms with E-state index in [1.807, 2.05) is 0 Å². The zero-order valence-electron chi connectivity index (χ0n) is 14.8. The molecule has 12 heteroatoms. The average molecular weight is 462 g/mol. The number of nitrogens with zero attached hydrogens (tertiary/aromatic N) is 2. The van der Waals surface area contributed by atoms with Gasteiger partial charge in [0.1, 0.15) is 12.3 Å². The van der Waals surface area contributed by atoms with E-state index in [1.165, 1.54) is 24.3 Å². The minimum absolute atomic E-state index is 0.233. The predicted molar refractivity (Wildman–Crippen MR) is 104 cm³/mol. The van der Waals surface area contributed by atoms with Gasteiger partial charge >= 0.3 is 12.4 Å². The highest BCUT2D eigenvalue weighted by Crippen LogP contribution is 2.38. The van der Waals surface area contributed by atoms with Crippen LogP contribution in [0.1, 0.15) is 34.6 Å². The summed E-state index contributed by atoms with van der Waals surface area (Å²) in [6.45, 7) is 0. The predicted octanol–water partition coefficient (Wildman–Crippen LogP) is 4.72. The third kappa shape index (κ3) is 3.54. The molecule has 2 saturated heterocycles. The second kappa shape index (κ2) is 6.98. The number of nitrogens with one attached hydrogen (secondary N) is 2.